The zero-order chi connectivity index (χ0) is 15.5. The maximum atomic E-state index is 2.34. The molecule has 0 heterocycles. The smallest absolute Gasteiger partial charge is 0.0619 e. The summed E-state index contributed by atoms with van der Waals surface area (Å²) in [6, 6.07) is 26.6. The van der Waals surface area contributed by atoms with Crippen molar-refractivity contribution >= 4 is 10.9 Å². The van der Waals surface area contributed by atoms with E-state index in [1.165, 1.54) is 31.4 Å². The molecule has 0 bridgehead atoms. The maximum Gasteiger partial charge on any atom is 0.169 e. The lowest BCUT2D eigenvalue weighted by Gasteiger charge is -2.11. The Morgan fingerprint density at radius 2 is 1.18 bits per heavy atom. The minimum absolute atomic E-state index is 0.0448. The predicted octanol–water partition coefficient (Wildman–Crippen LogP) is 5.71. The van der Waals surface area contributed by atoms with Crippen LogP contribution in [0.4, 0.5) is 0 Å². The Hall–Kier alpha value is -1.99. The number of aryl methyl sites for hydroxylation is 3. The number of rotatable bonds is 3. The van der Waals surface area contributed by atoms with Gasteiger partial charge in [0, 0.05) is 5.56 Å². The topological polar surface area (TPSA) is 0 Å². The summed E-state index contributed by atoms with van der Waals surface area (Å²) in [5.74, 6) is 0. The van der Waals surface area contributed by atoms with E-state index in [-0.39, 0.29) is 10.9 Å². The van der Waals surface area contributed by atoms with Gasteiger partial charge < -0.3 is 0 Å². The summed E-state index contributed by atoms with van der Waals surface area (Å²) in [5.41, 5.74) is 3.99. The van der Waals surface area contributed by atoms with E-state index in [0.717, 1.165) is 0 Å². The van der Waals surface area contributed by atoms with Gasteiger partial charge in [-0.15, -0.1) is 0 Å². The van der Waals surface area contributed by atoms with Crippen molar-refractivity contribution in [3.63, 3.8) is 0 Å². The first-order chi connectivity index (χ1) is 10.6. The van der Waals surface area contributed by atoms with Crippen LogP contribution in [-0.4, -0.2) is 0 Å². The molecule has 0 saturated heterocycles. The van der Waals surface area contributed by atoms with Gasteiger partial charge in [0.1, 0.15) is 0 Å². The fraction of sp³-hybridized carbons (Fsp3) is 0.143. The van der Waals surface area contributed by atoms with E-state index in [1.807, 2.05) is 0 Å². The second-order valence-corrected chi connectivity index (χ2v) is 7.70. The minimum atomic E-state index is -0.0448. The predicted molar refractivity (Wildman–Crippen MR) is 95.7 cm³/mol. The fourth-order valence-electron chi connectivity index (χ4n) is 2.55. The highest BCUT2D eigenvalue weighted by atomic mass is 32.2. The Morgan fingerprint density at radius 1 is 0.591 bits per heavy atom. The van der Waals surface area contributed by atoms with Gasteiger partial charge in [-0.2, -0.15) is 0 Å². The summed E-state index contributed by atoms with van der Waals surface area (Å²) in [6.07, 6.45) is 0. The normalized spacial score (nSPS) is 12.1. The lowest BCUT2D eigenvalue weighted by Crippen LogP contribution is -2.07. The first-order valence-corrected chi connectivity index (χ1v) is 8.81. The van der Waals surface area contributed by atoms with Gasteiger partial charge in [-0.1, -0.05) is 48.0 Å². The molecule has 0 aliphatic rings. The maximum absolute atomic E-state index is 2.34. The molecule has 0 amide bonds. The van der Waals surface area contributed by atoms with Crippen LogP contribution in [0.1, 0.15) is 16.7 Å². The lowest BCUT2D eigenvalue weighted by molar-refractivity contribution is 1.22. The third-order valence-electron chi connectivity index (χ3n) is 3.80. The van der Waals surface area contributed by atoms with Crippen molar-refractivity contribution in [2.24, 2.45) is 0 Å². The van der Waals surface area contributed by atoms with Crippen molar-refractivity contribution in [2.45, 2.75) is 35.5 Å². The Morgan fingerprint density at radius 3 is 1.86 bits per heavy atom. The van der Waals surface area contributed by atoms with Crippen LogP contribution in [0.15, 0.2) is 87.5 Å². The molecule has 0 saturated carbocycles. The molecule has 0 fully saturated rings. The van der Waals surface area contributed by atoms with Crippen LogP contribution in [0.3, 0.4) is 0 Å². The highest BCUT2D eigenvalue weighted by Crippen LogP contribution is 2.33. The van der Waals surface area contributed by atoms with Gasteiger partial charge in [-0.05, 0) is 56.7 Å². The molecule has 0 aliphatic carbocycles. The van der Waals surface area contributed by atoms with Gasteiger partial charge in [0.25, 0.3) is 0 Å². The Bertz CT molecular complexity index is 758. The van der Waals surface area contributed by atoms with Crippen LogP contribution in [-0.2, 0) is 10.9 Å². The quantitative estimate of drug-likeness (QED) is 0.544. The first-order valence-electron chi connectivity index (χ1n) is 7.58. The largest absolute Gasteiger partial charge is 0.169 e. The first kappa shape index (κ1) is 14.9. The van der Waals surface area contributed by atoms with Gasteiger partial charge in [-0.3, -0.25) is 0 Å². The van der Waals surface area contributed by atoms with Crippen molar-refractivity contribution in [2.75, 3.05) is 0 Å². The molecule has 0 spiro atoms. The van der Waals surface area contributed by atoms with Crippen molar-refractivity contribution in [1.29, 1.82) is 0 Å². The van der Waals surface area contributed by atoms with E-state index in [0.29, 0.717) is 0 Å². The zero-order valence-electron chi connectivity index (χ0n) is 13.3. The lowest BCUT2D eigenvalue weighted by atomic mass is 10.2. The number of benzene rings is 3. The molecule has 3 aromatic rings. The van der Waals surface area contributed by atoms with E-state index < -0.39 is 0 Å². The number of hydrogen-bond donors (Lipinski definition) is 0. The molecule has 1 atom stereocenters. The third-order valence-corrected chi connectivity index (χ3v) is 6.17. The molecule has 3 aromatic carbocycles. The molecule has 0 aromatic heterocycles. The average molecular weight is 305 g/mol. The summed E-state index contributed by atoms with van der Waals surface area (Å²) >= 11 is 0. The second kappa shape index (κ2) is 6.41. The third kappa shape index (κ3) is 3.10. The standard InChI is InChI=1S/C21H21S/c1-16-10-13-20(14-11-16)22(19-7-5-4-6-8-19)21-15-17(2)9-12-18(21)3/h4-15H,1-3H3/q+1. The van der Waals surface area contributed by atoms with Gasteiger partial charge >= 0.3 is 0 Å². The van der Waals surface area contributed by atoms with Gasteiger partial charge in [-0.25, -0.2) is 0 Å². The molecule has 1 heteroatoms. The van der Waals surface area contributed by atoms with Gasteiger partial charge in [0.15, 0.2) is 14.7 Å². The molecular formula is C21H21S+. The molecular weight excluding hydrogens is 284 g/mol. The molecule has 3 rings (SSSR count). The van der Waals surface area contributed by atoms with Crippen LogP contribution < -0.4 is 0 Å². The van der Waals surface area contributed by atoms with E-state index in [1.54, 1.807) is 0 Å². The molecule has 0 N–H and O–H groups in total. The van der Waals surface area contributed by atoms with Crippen LogP contribution in [0.25, 0.3) is 0 Å². The van der Waals surface area contributed by atoms with E-state index in [9.17, 15) is 0 Å². The summed E-state index contributed by atoms with van der Waals surface area (Å²) in [7, 11) is -0.0448. The van der Waals surface area contributed by atoms with Crippen molar-refractivity contribution in [1.82, 2.24) is 0 Å². The zero-order valence-corrected chi connectivity index (χ0v) is 14.2. The van der Waals surface area contributed by atoms with Gasteiger partial charge in [0.05, 0.1) is 10.9 Å². The van der Waals surface area contributed by atoms with Crippen LogP contribution in [0.5, 0.6) is 0 Å². The Kier molecular flexibility index (Phi) is 4.35. The van der Waals surface area contributed by atoms with Crippen molar-refractivity contribution < 1.29 is 0 Å². The van der Waals surface area contributed by atoms with Crippen LogP contribution in [0, 0.1) is 20.8 Å². The highest BCUT2D eigenvalue weighted by molar-refractivity contribution is 7.97. The van der Waals surface area contributed by atoms with Crippen LogP contribution in [0.2, 0.25) is 0 Å². The summed E-state index contributed by atoms with van der Waals surface area (Å²) in [6.45, 7) is 6.53. The summed E-state index contributed by atoms with van der Waals surface area (Å²) in [4.78, 5) is 4.18. The van der Waals surface area contributed by atoms with Crippen molar-refractivity contribution in [3.8, 4) is 0 Å². The minimum Gasteiger partial charge on any atom is -0.0619 e. The van der Waals surface area contributed by atoms with Crippen LogP contribution >= 0.6 is 0 Å². The van der Waals surface area contributed by atoms with E-state index in [4.69, 9.17) is 0 Å². The van der Waals surface area contributed by atoms with E-state index >= 15 is 0 Å². The molecule has 0 radical (unpaired) electrons. The highest BCUT2D eigenvalue weighted by Gasteiger charge is 2.30. The fourth-order valence-corrected chi connectivity index (χ4v) is 4.86. The second-order valence-electron chi connectivity index (χ2n) is 5.70. The SMILES string of the molecule is Cc1ccc([S+](c2ccccc2)c2cc(C)ccc2C)cc1. The molecule has 0 aliphatic heterocycles. The Labute approximate surface area is 136 Å². The van der Waals surface area contributed by atoms with E-state index in [2.05, 4.69) is 93.6 Å². The number of hydrogen-bond acceptors (Lipinski definition) is 0. The van der Waals surface area contributed by atoms with Crippen molar-refractivity contribution in [3.05, 3.63) is 89.5 Å². The monoisotopic (exact) mass is 305 g/mol. The average Bonchev–Trinajstić information content (AvgIpc) is 2.54. The van der Waals surface area contributed by atoms with Gasteiger partial charge in [0.2, 0.25) is 0 Å². The molecule has 0 nitrogen and oxygen atoms in total. The molecule has 1 unspecified atom stereocenters. The molecule has 110 valence electrons. The summed E-state index contributed by atoms with van der Waals surface area (Å²) < 4.78 is 0. The summed E-state index contributed by atoms with van der Waals surface area (Å²) in [5, 5.41) is 0. The Balaban J connectivity index is 2.19. The molecule has 22 heavy (non-hydrogen) atoms.